The van der Waals surface area contributed by atoms with Crippen molar-refractivity contribution in [2.75, 3.05) is 0 Å². The third kappa shape index (κ3) is 6.68. The average Bonchev–Trinajstić information content (AvgIpc) is 3.85. The third-order valence-corrected chi connectivity index (χ3v) is 12.2. The van der Waals surface area contributed by atoms with Gasteiger partial charge in [0, 0.05) is 43.8 Å². The van der Waals surface area contributed by atoms with Crippen LogP contribution in [0.25, 0.3) is 77.2 Å². The number of para-hydroxylation sites is 6. The quantitative estimate of drug-likeness (QED) is 0.144. The van der Waals surface area contributed by atoms with Gasteiger partial charge in [-0.3, -0.25) is 0 Å². The highest BCUT2D eigenvalue weighted by Crippen LogP contribution is 2.45. The largest absolute Gasteiger partial charge is 0.505 e. The second-order valence-electron chi connectivity index (χ2n) is 16.5. The van der Waals surface area contributed by atoms with Gasteiger partial charge in [-0.1, -0.05) is 127 Å². The van der Waals surface area contributed by atoms with E-state index < -0.39 is 0 Å². The Balaban J connectivity index is 0.863. The van der Waals surface area contributed by atoms with E-state index in [1.54, 1.807) is 0 Å². The molecular weight excluding hydrogens is 789 g/mol. The highest BCUT2D eigenvalue weighted by atomic mass is 16.5. The molecule has 0 saturated heterocycles. The lowest BCUT2D eigenvalue weighted by molar-refractivity contribution is 0.301. The molecule has 0 bridgehead atoms. The number of benzene rings is 9. The Morgan fingerprint density at radius 3 is 1.09 bits per heavy atom. The lowest BCUT2D eigenvalue weighted by Gasteiger charge is -2.18. The van der Waals surface area contributed by atoms with Crippen molar-refractivity contribution in [1.82, 2.24) is 9.13 Å². The maximum atomic E-state index is 12.1. The Morgan fingerprint density at radius 2 is 0.703 bits per heavy atom. The Hall–Kier alpha value is -8.22. The van der Waals surface area contributed by atoms with Crippen molar-refractivity contribution >= 4 is 43.6 Å². The fourth-order valence-electron chi connectivity index (χ4n) is 9.40. The summed E-state index contributed by atoms with van der Waals surface area (Å²) < 4.78 is 17.4. The summed E-state index contributed by atoms with van der Waals surface area (Å²) in [6.07, 6.45) is 0. The van der Waals surface area contributed by atoms with Crippen LogP contribution in [0, 0.1) is 13.8 Å². The molecule has 0 spiro atoms. The van der Waals surface area contributed by atoms with E-state index >= 15 is 0 Å². The van der Waals surface area contributed by atoms with E-state index in [-0.39, 0.29) is 11.5 Å². The van der Waals surface area contributed by atoms with Gasteiger partial charge in [0.15, 0.2) is 0 Å². The lowest BCUT2D eigenvalue weighted by Crippen LogP contribution is -2.02. The van der Waals surface area contributed by atoms with Crippen molar-refractivity contribution in [3.63, 3.8) is 0 Å². The third-order valence-electron chi connectivity index (χ3n) is 12.2. The zero-order valence-electron chi connectivity index (χ0n) is 35.5. The van der Waals surface area contributed by atoms with Crippen LogP contribution in [0.4, 0.5) is 0 Å². The summed E-state index contributed by atoms with van der Waals surface area (Å²) in [4.78, 5) is 0. The fourth-order valence-corrected chi connectivity index (χ4v) is 9.40. The molecule has 0 fully saturated rings. The molecule has 2 N–H and O–H groups in total. The van der Waals surface area contributed by atoms with E-state index in [4.69, 9.17) is 9.47 Å². The Kier molecular flexibility index (Phi) is 9.62. The minimum atomic E-state index is 0.189. The minimum Gasteiger partial charge on any atom is -0.505 e. The molecule has 64 heavy (non-hydrogen) atoms. The number of phenolic OH excluding ortho intramolecular Hbond substituents is 2. The molecule has 6 nitrogen and oxygen atoms in total. The van der Waals surface area contributed by atoms with E-state index in [0.29, 0.717) is 35.8 Å². The second-order valence-corrected chi connectivity index (χ2v) is 16.5. The number of aromatic hydroxyl groups is 2. The molecule has 11 rings (SSSR count). The molecule has 2 heterocycles. The van der Waals surface area contributed by atoms with Crippen molar-refractivity contribution in [3.05, 3.63) is 216 Å². The van der Waals surface area contributed by atoms with Gasteiger partial charge in [0.2, 0.25) is 0 Å². The van der Waals surface area contributed by atoms with Gasteiger partial charge in [-0.15, -0.1) is 0 Å². The minimum absolute atomic E-state index is 0.189. The van der Waals surface area contributed by atoms with Crippen LogP contribution in [0.5, 0.6) is 23.0 Å². The summed E-state index contributed by atoms with van der Waals surface area (Å²) in [7, 11) is 0. The first-order valence-corrected chi connectivity index (χ1v) is 21.6. The molecule has 0 atom stereocenters. The predicted molar refractivity (Wildman–Crippen MR) is 260 cm³/mol. The fraction of sp³-hybridized carbons (Fsp3) is 0.0690. The Morgan fingerprint density at radius 1 is 0.359 bits per heavy atom. The van der Waals surface area contributed by atoms with Crippen molar-refractivity contribution in [2.24, 2.45) is 0 Å². The van der Waals surface area contributed by atoms with Gasteiger partial charge >= 0.3 is 0 Å². The van der Waals surface area contributed by atoms with Gasteiger partial charge in [0.25, 0.3) is 0 Å². The molecule has 0 amide bonds. The van der Waals surface area contributed by atoms with Gasteiger partial charge in [-0.25, -0.2) is 0 Å². The van der Waals surface area contributed by atoms with Crippen LogP contribution < -0.4 is 9.47 Å². The summed E-state index contributed by atoms with van der Waals surface area (Å²) in [5, 5.41) is 28.8. The average molecular weight is 833 g/mol. The molecular formula is C58H44N2O4. The molecule has 11 aromatic rings. The van der Waals surface area contributed by atoms with E-state index in [9.17, 15) is 10.2 Å². The number of phenols is 2. The van der Waals surface area contributed by atoms with E-state index in [0.717, 1.165) is 88.4 Å². The van der Waals surface area contributed by atoms with Crippen LogP contribution in [0.15, 0.2) is 194 Å². The van der Waals surface area contributed by atoms with Crippen LogP contribution in [-0.2, 0) is 13.2 Å². The highest BCUT2D eigenvalue weighted by molar-refractivity contribution is 6.10. The molecule has 0 unspecified atom stereocenters. The number of hydrogen-bond acceptors (Lipinski definition) is 4. The van der Waals surface area contributed by atoms with Crippen LogP contribution in [0.3, 0.4) is 0 Å². The smallest absolute Gasteiger partial charge is 0.147 e. The summed E-state index contributed by atoms with van der Waals surface area (Å²) in [5.74, 6) is 1.72. The summed E-state index contributed by atoms with van der Waals surface area (Å²) >= 11 is 0. The zero-order chi connectivity index (χ0) is 43.3. The van der Waals surface area contributed by atoms with Crippen molar-refractivity contribution in [2.45, 2.75) is 27.1 Å². The molecule has 0 aliphatic carbocycles. The second kappa shape index (κ2) is 15.9. The van der Waals surface area contributed by atoms with E-state index in [2.05, 4.69) is 102 Å². The van der Waals surface area contributed by atoms with E-state index in [1.165, 1.54) is 0 Å². The predicted octanol–water partition coefficient (Wildman–Crippen LogP) is 14.4. The van der Waals surface area contributed by atoms with Gasteiger partial charge in [0.1, 0.15) is 36.2 Å². The maximum Gasteiger partial charge on any atom is 0.147 e. The molecule has 0 aliphatic rings. The molecule has 310 valence electrons. The maximum absolute atomic E-state index is 12.1. The SMILES string of the molecule is Cc1cc(-c2ccccc2OCc2cccc(COc3ccccc3-c3cc(C)cc(-n4c5ccccc5c5ccccc54)c3O)c2)c(O)c(-n2c3ccccc3c3ccccc32)c1. The van der Waals surface area contributed by atoms with Crippen molar-refractivity contribution < 1.29 is 19.7 Å². The topological polar surface area (TPSA) is 68.8 Å². The molecule has 0 aliphatic heterocycles. The molecule has 9 aromatic carbocycles. The summed E-state index contributed by atoms with van der Waals surface area (Å²) in [6, 6.07) is 65.4. The number of nitrogens with zero attached hydrogens (tertiary/aromatic N) is 2. The number of fused-ring (bicyclic) bond motifs is 6. The highest BCUT2D eigenvalue weighted by Gasteiger charge is 2.22. The first-order valence-electron chi connectivity index (χ1n) is 21.6. The number of hydrogen-bond donors (Lipinski definition) is 2. The van der Waals surface area contributed by atoms with Gasteiger partial charge in [-0.2, -0.15) is 0 Å². The zero-order valence-corrected chi connectivity index (χ0v) is 35.5. The van der Waals surface area contributed by atoms with E-state index in [1.807, 2.05) is 115 Å². The van der Waals surface area contributed by atoms with Crippen molar-refractivity contribution in [3.8, 4) is 56.6 Å². The first kappa shape index (κ1) is 38.7. The van der Waals surface area contributed by atoms with Crippen LogP contribution in [0.2, 0.25) is 0 Å². The van der Waals surface area contributed by atoms with Crippen LogP contribution >= 0.6 is 0 Å². The molecule has 0 saturated carbocycles. The number of rotatable bonds is 10. The summed E-state index contributed by atoms with van der Waals surface area (Å²) in [6.45, 7) is 4.75. The van der Waals surface area contributed by atoms with Gasteiger partial charge < -0.3 is 28.8 Å². The number of aryl methyl sites for hydroxylation is 2. The van der Waals surface area contributed by atoms with Crippen LogP contribution in [0.1, 0.15) is 22.3 Å². The van der Waals surface area contributed by atoms with Crippen LogP contribution in [-0.4, -0.2) is 19.3 Å². The lowest BCUT2D eigenvalue weighted by atomic mass is 9.99. The molecule has 0 radical (unpaired) electrons. The normalized spacial score (nSPS) is 11.5. The van der Waals surface area contributed by atoms with Crippen molar-refractivity contribution in [1.29, 1.82) is 0 Å². The monoisotopic (exact) mass is 832 g/mol. The number of aromatic nitrogens is 2. The molecule has 6 heteroatoms. The Labute approximate surface area is 371 Å². The first-order chi connectivity index (χ1) is 31.4. The standard InChI is InChI=1S/C58H44N2O4/c1-37-30-47(57(61)53(32-37)59-49-24-9-3-18-41(49)42-19-4-10-25-50(42)59)45-22-7-13-28-55(45)63-35-39-16-15-17-40(34-39)36-64-56-29-14-8-23-46(56)48-31-38(2)33-54(58(48)62)60-51-26-11-5-20-43(51)44-21-6-12-27-52(44)60/h3-34,61-62H,35-36H2,1-2H3. The molecule has 2 aromatic heterocycles. The van der Waals surface area contributed by atoms with Gasteiger partial charge in [0.05, 0.1) is 33.4 Å². The van der Waals surface area contributed by atoms with Gasteiger partial charge in [-0.05, 0) is 103 Å². The summed E-state index contributed by atoms with van der Waals surface area (Å²) in [5.41, 5.74) is 12.6. The number of ether oxygens (including phenoxy) is 2. The Bertz CT molecular complexity index is 3240.